The highest BCUT2D eigenvalue weighted by molar-refractivity contribution is 4.92. The van der Waals surface area contributed by atoms with Crippen molar-refractivity contribution in [1.29, 1.82) is 0 Å². The second-order valence-corrected chi connectivity index (χ2v) is 5.57. The molecule has 0 spiro atoms. The van der Waals surface area contributed by atoms with Crippen LogP contribution in [0.5, 0.6) is 0 Å². The lowest BCUT2D eigenvalue weighted by Gasteiger charge is -2.39. The van der Waals surface area contributed by atoms with Crippen molar-refractivity contribution >= 4 is 0 Å². The Labute approximate surface area is 82.7 Å². The lowest BCUT2D eigenvalue weighted by atomic mass is 9.91. The van der Waals surface area contributed by atoms with Crippen molar-refractivity contribution in [3.05, 3.63) is 0 Å². The van der Waals surface area contributed by atoms with Crippen LogP contribution in [-0.2, 0) is 0 Å². The van der Waals surface area contributed by atoms with Crippen LogP contribution in [0.4, 0.5) is 0 Å². The van der Waals surface area contributed by atoms with E-state index >= 15 is 0 Å². The van der Waals surface area contributed by atoms with Crippen molar-refractivity contribution in [2.75, 3.05) is 6.54 Å². The molecular weight excluding hydrogens is 160 g/mol. The van der Waals surface area contributed by atoms with Crippen LogP contribution in [0, 0.1) is 5.41 Å². The molecule has 0 amide bonds. The summed E-state index contributed by atoms with van der Waals surface area (Å²) < 4.78 is 0. The molecule has 2 heteroatoms. The van der Waals surface area contributed by atoms with Gasteiger partial charge in [-0.15, -0.1) is 0 Å². The van der Waals surface area contributed by atoms with E-state index in [0.29, 0.717) is 23.7 Å². The van der Waals surface area contributed by atoms with E-state index in [1.165, 1.54) is 0 Å². The molecular formula is C11H24N2. The zero-order valence-corrected chi connectivity index (χ0v) is 9.89. The van der Waals surface area contributed by atoms with Gasteiger partial charge in [-0.2, -0.15) is 0 Å². The standard InChI is InChI=1S/C11H24N2/c1-8(2)13-9(3)7-12-10(13)11(4,5)6/h8-10,12H,7H2,1-6H3/t9-,10?/m0/s1. The Morgan fingerprint density at radius 1 is 1.31 bits per heavy atom. The Hall–Kier alpha value is -0.0800. The summed E-state index contributed by atoms with van der Waals surface area (Å²) in [5.41, 5.74) is 0.328. The van der Waals surface area contributed by atoms with Crippen LogP contribution in [-0.4, -0.2) is 29.7 Å². The van der Waals surface area contributed by atoms with E-state index in [4.69, 9.17) is 0 Å². The second-order valence-electron chi connectivity index (χ2n) is 5.57. The molecule has 2 nitrogen and oxygen atoms in total. The molecule has 1 unspecified atom stereocenters. The van der Waals surface area contributed by atoms with Gasteiger partial charge in [-0.3, -0.25) is 10.2 Å². The van der Waals surface area contributed by atoms with Gasteiger partial charge in [0.05, 0.1) is 6.17 Å². The van der Waals surface area contributed by atoms with Gasteiger partial charge in [0.25, 0.3) is 0 Å². The molecule has 1 saturated heterocycles. The highest BCUT2D eigenvalue weighted by Gasteiger charge is 2.38. The molecule has 13 heavy (non-hydrogen) atoms. The van der Waals surface area contributed by atoms with Gasteiger partial charge >= 0.3 is 0 Å². The van der Waals surface area contributed by atoms with Gasteiger partial charge in [-0.05, 0) is 26.2 Å². The third kappa shape index (κ3) is 2.23. The minimum atomic E-state index is 0.328. The number of rotatable bonds is 1. The Morgan fingerprint density at radius 2 is 1.85 bits per heavy atom. The fraction of sp³-hybridized carbons (Fsp3) is 1.00. The lowest BCUT2D eigenvalue weighted by molar-refractivity contribution is 0.0739. The molecule has 0 radical (unpaired) electrons. The van der Waals surface area contributed by atoms with Crippen LogP contribution in [0.15, 0.2) is 0 Å². The number of nitrogens with one attached hydrogen (secondary N) is 1. The highest BCUT2D eigenvalue weighted by Crippen LogP contribution is 2.28. The van der Waals surface area contributed by atoms with Crippen LogP contribution < -0.4 is 5.32 Å². The van der Waals surface area contributed by atoms with Gasteiger partial charge in [0.1, 0.15) is 0 Å². The molecule has 0 bridgehead atoms. The second kappa shape index (κ2) is 3.58. The summed E-state index contributed by atoms with van der Waals surface area (Å²) in [5, 5.41) is 3.60. The summed E-state index contributed by atoms with van der Waals surface area (Å²) in [5.74, 6) is 0. The predicted molar refractivity (Wildman–Crippen MR) is 57.7 cm³/mol. The van der Waals surface area contributed by atoms with Crippen LogP contribution >= 0.6 is 0 Å². The minimum Gasteiger partial charge on any atom is -0.300 e. The topological polar surface area (TPSA) is 15.3 Å². The SMILES string of the molecule is CC(C)N1C(C(C)(C)C)NC[C@@H]1C. The molecule has 1 heterocycles. The molecule has 0 aliphatic carbocycles. The van der Waals surface area contributed by atoms with Crippen LogP contribution in [0.1, 0.15) is 41.5 Å². The first-order valence-corrected chi connectivity index (χ1v) is 5.35. The minimum absolute atomic E-state index is 0.328. The van der Waals surface area contributed by atoms with Crippen LogP contribution in [0.3, 0.4) is 0 Å². The third-order valence-electron chi connectivity index (χ3n) is 2.83. The van der Waals surface area contributed by atoms with Gasteiger partial charge in [-0.25, -0.2) is 0 Å². The molecule has 0 aromatic heterocycles. The Balaban J connectivity index is 2.76. The molecule has 1 aliphatic heterocycles. The predicted octanol–water partition coefficient (Wildman–Crippen LogP) is 2.06. The first kappa shape index (κ1) is 11.0. The molecule has 1 N–H and O–H groups in total. The van der Waals surface area contributed by atoms with E-state index < -0.39 is 0 Å². The average molecular weight is 184 g/mol. The maximum atomic E-state index is 3.60. The van der Waals surface area contributed by atoms with Gasteiger partial charge in [0.15, 0.2) is 0 Å². The van der Waals surface area contributed by atoms with E-state index in [1.807, 2.05) is 0 Å². The van der Waals surface area contributed by atoms with Crippen molar-refractivity contribution in [2.45, 2.75) is 59.8 Å². The fourth-order valence-corrected chi connectivity index (χ4v) is 2.31. The molecule has 1 rings (SSSR count). The lowest BCUT2D eigenvalue weighted by Crippen LogP contribution is -2.50. The van der Waals surface area contributed by atoms with Crippen molar-refractivity contribution in [3.63, 3.8) is 0 Å². The maximum Gasteiger partial charge on any atom is 0.0652 e. The van der Waals surface area contributed by atoms with Gasteiger partial charge in [0.2, 0.25) is 0 Å². The van der Waals surface area contributed by atoms with E-state index in [1.54, 1.807) is 0 Å². The summed E-state index contributed by atoms with van der Waals surface area (Å²) in [6, 6.07) is 1.30. The molecule has 0 aromatic rings. The quantitative estimate of drug-likeness (QED) is 0.671. The summed E-state index contributed by atoms with van der Waals surface area (Å²) >= 11 is 0. The number of nitrogens with zero attached hydrogens (tertiary/aromatic N) is 1. The number of hydrogen-bond acceptors (Lipinski definition) is 2. The summed E-state index contributed by atoms with van der Waals surface area (Å²) in [6.07, 6.45) is 0.530. The largest absolute Gasteiger partial charge is 0.300 e. The molecule has 0 aromatic carbocycles. The first-order chi connectivity index (χ1) is 5.84. The molecule has 1 aliphatic rings. The first-order valence-electron chi connectivity index (χ1n) is 5.35. The Kier molecular flexibility index (Phi) is 3.03. The smallest absolute Gasteiger partial charge is 0.0652 e. The molecule has 0 saturated carbocycles. The van der Waals surface area contributed by atoms with Gasteiger partial charge in [0, 0.05) is 18.6 Å². The van der Waals surface area contributed by atoms with Gasteiger partial charge < -0.3 is 0 Å². The summed E-state index contributed by atoms with van der Waals surface area (Å²) in [4.78, 5) is 2.58. The maximum absolute atomic E-state index is 3.60. The molecule has 1 fully saturated rings. The zero-order chi connectivity index (χ0) is 10.2. The highest BCUT2D eigenvalue weighted by atomic mass is 15.4. The van der Waals surface area contributed by atoms with Crippen LogP contribution in [0.2, 0.25) is 0 Å². The Bertz CT molecular complexity index is 169. The normalized spacial score (nSPS) is 31.6. The van der Waals surface area contributed by atoms with E-state index in [0.717, 1.165) is 6.54 Å². The monoisotopic (exact) mass is 184 g/mol. The van der Waals surface area contributed by atoms with Gasteiger partial charge in [-0.1, -0.05) is 20.8 Å². The average Bonchev–Trinajstić information content (AvgIpc) is 2.28. The van der Waals surface area contributed by atoms with E-state index in [9.17, 15) is 0 Å². The van der Waals surface area contributed by atoms with Crippen molar-refractivity contribution < 1.29 is 0 Å². The molecule has 78 valence electrons. The van der Waals surface area contributed by atoms with E-state index in [-0.39, 0.29) is 0 Å². The molecule has 2 atom stereocenters. The van der Waals surface area contributed by atoms with Crippen molar-refractivity contribution in [2.24, 2.45) is 5.41 Å². The zero-order valence-electron chi connectivity index (χ0n) is 9.89. The van der Waals surface area contributed by atoms with Crippen LogP contribution in [0.25, 0.3) is 0 Å². The van der Waals surface area contributed by atoms with Crippen molar-refractivity contribution in [1.82, 2.24) is 10.2 Å². The fourth-order valence-electron chi connectivity index (χ4n) is 2.31. The van der Waals surface area contributed by atoms with Crippen molar-refractivity contribution in [3.8, 4) is 0 Å². The van der Waals surface area contributed by atoms with E-state index in [2.05, 4.69) is 51.8 Å². The third-order valence-corrected chi connectivity index (χ3v) is 2.83. The number of hydrogen-bond donors (Lipinski definition) is 1. The Morgan fingerprint density at radius 3 is 2.15 bits per heavy atom. The summed E-state index contributed by atoms with van der Waals surface area (Å²) in [6.45, 7) is 14.9. The summed E-state index contributed by atoms with van der Waals surface area (Å²) in [7, 11) is 0.